The zero-order valence-electron chi connectivity index (χ0n) is 67.9. The van der Waals surface area contributed by atoms with Crippen LogP contribution in [0.25, 0.3) is 0 Å². The van der Waals surface area contributed by atoms with Gasteiger partial charge in [-0.2, -0.15) is 0 Å². The Hall–Kier alpha value is -5.88. The van der Waals surface area contributed by atoms with Gasteiger partial charge >= 0.3 is 0 Å². The molecule has 0 spiro atoms. The van der Waals surface area contributed by atoms with Crippen LogP contribution in [0.1, 0.15) is 383 Å². The van der Waals surface area contributed by atoms with Gasteiger partial charge < -0.3 is 30.6 Å². The van der Waals surface area contributed by atoms with Crippen molar-refractivity contribution >= 4 is 0 Å². The minimum absolute atomic E-state index is 0.0334. The molecule has 0 aliphatic carbocycles. The fourth-order valence-corrected chi connectivity index (χ4v) is 13.3. The normalized spacial score (nSPS) is 12.8. The molecule has 0 heterocycles. The lowest BCUT2D eigenvalue weighted by molar-refractivity contribution is 0.427. The smallest absolute Gasteiger partial charge is 0.123 e. The molecule has 6 nitrogen and oxygen atoms in total. The van der Waals surface area contributed by atoms with E-state index in [0.717, 1.165) is 92.4 Å². The Bertz CT molecular complexity index is 3320. The molecular weight excluding hydrogens is 1200 g/mol. The molecule has 6 aromatic rings. The fraction of sp³-hybridized carbons (Fsp3) is 0.609. The molecule has 6 heteroatoms. The quantitative estimate of drug-likeness (QED) is 0.0377. The molecule has 6 aromatic carbocycles. The van der Waals surface area contributed by atoms with Gasteiger partial charge in [-0.15, -0.1) is 0 Å². The van der Waals surface area contributed by atoms with Gasteiger partial charge in [0.1, 0.15) is 34.5 Å². The lowest BCUT2D eigenvalue weighted by Gasteiger charge is -2.31. The number of hydrogen-bond acceptors (Lipinski definition) is 6. The maximum atomic E-state index is 11.4. The Morgan fingerprint density at radius 3 is 0.735 bits per heavy atom. The van der Waals surface area contributed by atoms with E-state index in [1.165, 1.54) is 110 Å². The van der Waals surface area contributed by atoms with Crippen LogP contribution in [0, 0.1) is 13.8 Å². The summed E-state index contributed by atoms with van der Waals surface area (Å²) in [5.74, 6) is 2.08. The Labute approximate surface area is 600 Å². The molecule has 0 atom stereocenters. The Balaban J connectivity index is 0.000000313. The minimum Gasteiger partial charge on any atom is -0.507 e. The third kappa shape index (κ3) is 24.2. The first-order chi connectivity index (χ1) is 44.8. The largest absolute Gasteiger partial charge is 0.507 e. The third-order valence-electron chi connectivity index (χ3n) is 20.0. The first-order valence-electron chi connectivity index (χ1n) is 38.0. The summed E-state index contributed by atoms with van der Waals surface area (Å²) in [4.78, 5) is 0. The molecule has 6 N–H and O–H groups in total. The van der Waals surface area contributed by atoms with Crippen molar-refractivity contribution in [2.45, 2.75) is 366 Å². The number of phenols is 6. The minimum atomic E-state index is -0.189. The van der Waals surface area contributed by atoms with Crippen LogP contribution in [0.15, 0.2) is 72.8 Å². The second kappa shape index (κ2) is 34.2. The number of hydrogen-bond donors (Lipinski definition) is 6. The first kappa shape index (κ1) is 84.5. The molecule has 0 radical (unpaired) electrons. The molecule has 0 amide bonds. The molecule has 0 aromatic heterocycles. The van der Waals surface area contributed by atoms with Crippen molar-refractivity contribution in [3.63, 3.8) is 0 Å². The number of benzene rings is 6. The lowest BCUT2D eigenvalue weighted by atomic mass is 9.74. The van der Waals surface area contributed by atoms with Crippen molar-refractivity contribution < 1.29 is 30.6 Å². The topological polar surface area (TPSA) is 121 Å². The maximum absolute atomic E-state index is 11.4. The first-order valence-corrected chi connectivity index (χ1v) is 38.0. The molecule has 546 valence electrons. The van der Waals surface area contributed by atoms with E-state index < -0.39 is 0 Å². The summed E-state index contributed by atoms with van der Waals surface area (Å²) in [7, 11) is 0. The predicted molar refractivity (Wildman–Crippen MR) is 424 cm³/mol. The van der Waals surface area contributed by atoms with Crippen molar-refractivity contribution in [3.05, 3.63) is 173 Å². The fourth-order valence-electron chi connectivity index (χ4n) is 13.3. The number of aromatic hydroxyl groups is 6. The number of rotatable bonds is 22. The predicted octanol–water partition coefficient (Wildman–Crippen LogP) is 26.2. The lowest BCUT2D eigenvalue weighted by Crippen LogP contribution is -2.19. The van der Waals surface area contributed by atoms with Crippen LogP contribution in [0.4, 0.5) is 0 Å². The number of phenolic OH excluding ortho intramolecular Hbond substituents is 6. The van der Waals surface area contributed by atoms with Crippen molar-refractivity contribution in [1.82, 2.24) is 0 Å². The summed E-state index contributed by atoms with van der Waals surface area (Å²) in [5.41, 5.74) is 17.6. The van der Waals surface area contributed by atoms with E-state index in [4.69, 9.17) is 0 Å². The maximum Gasteiger partial charge on any atom is 0.123 e. The van der Waals surface area contributed by atoms with E-state index in [0.29, 0.717) is 47.3 Å². The summed E-state index contributed by atoms with van der Waals surface area (Å²) in [5, 5.41) is 67.4. The third-order valence-corrected chi connectivity index (χ3v) is 20.0. The van der Waals surface area contributed by atoms with E-state index >= 15 is 0 Å². The SMILES string of the molecule is CC(C)(C)c1cc(Cc2cc(C(C)(C)C)cc(C(C)(C)C)c2O)c(O)c(C(C)(C)C)c1.CC(c1cc(C(C)(C)C)cc(C(C)(C)C)c1O)c1cc(C(C)(C)C)cc(C(C)(C)C)c1O.CCCCCCCCCc1cc(C)cc(Cc2cc(C)cc(CCCCCCCCC)c2O)c1O. The molecule has 6 rings (SSSR count). The Kier molecular flexibility index (Phi) is 29.5. The van der Waals surface area contributed by atoms with Crippen molar-refractivity contribution in [2.75, 3.05) is 0 Å². The highest BCUT2D eigenvalue weighted by atomic mass is 16.3. The summed E-state index contributed by atoms with van der Waals surface area (Å²) < 4.78 is 0. The average Bonchev–Trinajstić information content (AvgIpc) is 0.778. The summed E-state index contributed by atoms with van der Waals surface area (Å²) in [6.45, 7) is 62.9. The Morgan fingerprint density at radius 1 is 0.255 bits per heavy atom. The van der Waals surface area contributed by atoms with E-state index in [1.807, 2.05) is 0 Å². The monoisotopic (exact) mass is 1340 g/mol. The molecule has 0 fully saturated rings. The zero-order chi connectivity index (χ0) is 74.6. The standard InChI is InChI=1S/C33H52O2.C30H46O2.C29H44O2/c1-5-7-9-11-13-15-17-19-28-21-26(3)23-30(32(28)34)25-31-24-27(4)22-29(33(31)35)20-18-16-14-12-10-8-6-2;1-18(21-14-19(27(2,3)4)16-23(25(21)31)29(8,9)10)22-15-20(28(5,6)7)17-24(26(22)32)30(11,12)13;1-26(2,3)20-14-18(24(30)22(16-20)28(7,8)9)13-19-15-21(27(4,5)6)17-23(25(19)31)29(10,11)12/h21-24,34-35H,5-20,25H2,1-4H3;14-18,31-32H,1-13H3;14-17,30-31H,13H2,1-12H3. The van der Waals surface area contributed by atoms with Crippen molar-refractivity contribution in [3.8, 4) is 34.5 Å². The second-order valence-electron chi connectivity index (χ2n) is 37.7. The van der Waals surface area contributed by atoms with Crippen LogP contribution in [0.5, 0.6) is 34.5 Å². The van der Waals surface area contributed by atoms with Gasteiger partial charge in [0.05, 0.1) is 0 Å². The second-order valence-corrected chi connectivity index (χ2v) is 37.7. The average molecular weight is 1340 g/mol. The molecule has 0 aliphatic rings. The Morgan fingerprint density at radius 2 is 0.480 bits per heavy atom. The van der Waals surface area contributed by atoms with E-state index in [2.05, 4.69) is 274 Å². The molecule has 0 saturated heterocycles. The molecular formula is C92H142O6. The van der Waals surface area contributed by atoms with E-state index in [1.54, 1.807) is 0 Å². The van der Waals surface area contributed by atoms with E-state index in [-0.39, 0.29) is 49.2 Å². The van der Waals surface area contributed by atoms with Gasteiger partial charge in [0, 0.05) is 29.9 Å². The van der Waals surface area contributed by atoms with Crippen molar-refractivity contribution in [2.24, 2.45) is 0 Å². The van der Waals surface area contributed by atoms with Crippen molar-refractivity contribution in [1.29, 1.82) is 0 Å². The summed E-state index contributed by atoms with van der Waals surface area (Å²) >= 11 is 0. The van der Waals surface area contributed by atoms with Gasteiger partial charge in [0.2, 0.25) is 0 Å². The van der Waals surface area contributed by atoms with Crippen LogP contribution >= 0.6 is 0 Å². The van der Waals surface area contributed by atoms with E-state index in [9.17, 15) is 30.6 Å². The van der Waals surface area contributed by atoms with Gasteiger partial charge in [-0.25, -0.2) is 0 Å². The van der Waals surface area contributed by atoms with Gasteiger partial charge in [-0.3, -0.25) is 0 Å². The van der Waals surface area contributed by atoms with Gasteiger partial charge in [-0.1, -0.05) is 348 Å². The summed E-state index contributed by atoms with van der Waals surface area (Å²) in [6.07, 6.45) is 20.8. The number of aryl methyl sites for hydroxylation is 4. The molecule has 98 heavy (non-hydrogen) atoms. The van der Waals surface area contributed by atoms with Gasteiger partial charge in [0.15, 0.2) is 0 Å². The number of unbranched alkanes of at least 4 members (excludes halogenated alkanes) is 12. The molecule has 0 aliphatic heterocycles. The molecule has 0 unspecified atom stereocenters. The van der Waals surface area contributed by atoms with Crippen LogP contribution < -0.4 is 0 Å². The summed E-state index contributed by atoms with van der Waals surface area (Å²) in [6, 6.07) is 25.5. The van der Waals surface area contributed by atoms with Gasteiger partial charge in [-0.05, 0) is 161 Å². The van der Waals surface area contributed by atoms with Crippen LogP contribution in [-0.4, -0.2) is 30.6 Å². The molecule has 0 bridgehead atoms. The van der Waals surface area contributed by atoms with Crippen LogP contribution in [-0.2, 0) is 69.0 Å². The highest BCUT2D eigenvalue weighted by molar-refractivity contribution is 5.59. The molecule has 0 saturated carbocycles. The van der Waals surface area contributed by atoms with Crippen LogP contribution in [0.2, 0.25) is 0 Å². The zero-order valence-corrected chi connectivity index (χ0v) is 67.9. The highest BCUT2D eigenvalue weighted by Crippen LogP contribution is 2.48. The van der Waals surface area contributed by atoms with Gasteiger partial charge in [0.25, 0.3) is 0 Å². The van der Waals surface area contributed by atoms with Crippen LogP contribution in [0.3, 0.4) is 0 Å². The highest BCUT2D eigenvalue weighted by Gasteiger charge is 2.33.